The molecule has 0 aliphatic heterocycles. The van der Waals surface area contributed by atoms with E-state index in [1.165, 1.54) is 23.1 Å². The lowest BCUT2D eigenvalue weighted by atomic mass is 10.1. The third kappa shape index (κ3) is 3.41. The maximum Gasteiger partial charge on any atom is 0.258 e. The largest absolute Gasteiger partial charge is 0.398 e. The third-order valence-electron chi connectivity index (χ3n) is 3.39. The van der Waals surface area contributed by atoms with Crippen molar-refractivity contribution in [2.75, 3.05) is 11.1 Å². The molecule has 3 N–H and O–H groups in total. The van der Waals surface area contributed by atoms with Gasteiger partial charge in [0.1, 0.15) is 11.6 Å². The minimum atomic E-state index is -0.283. The van der Waals surface area contributed by atoms with Crippen molar-refractivity contribution in [1.29, 1.82) is 0 Å². The predicted molar refractivity (Wildman–Crippen MR) is 95.5 cm³/mol. The summed E-state index contributed by atoms with van der Waals surface area (Å²) in [5, 5.41) is 14.3. The first-order valence-electron chi connectivity index (χ1n) is 7.11. The van der Waals surface area contributed by atoms with E-state index in [1.807, 2.05) is 31.5 Å². The summed E-state index contributed by atoms with van der Waals surface area (Å²) in [5.74, 6) is 1.07. The SMILES string of the molecule is Cc1nc(NC(=O)c2cc(Sc3nnc(C)n3C)ccc2N)cs1. The number of carbonyl (C=O) groups excluding carboxylic acids is 1. The smallest absolute Gasteiger partial charge is 0.258 e. The number of hydrogen-bond acceptors (Lipinski definition) is 7. The van der Waals surface area contributed by atoms with Crippen LogP contribution in [0.4, 0.5) is 11.5 Å². The van der Waals surface area contributed by atoms with Gasteiger partial charge in [0.25, 0.3) is 5.91 Å². The number of aryl methyl sites for hydroxylation is 2. The molecule has 0 fully saturated rings. The van der Waals surface area contributed by atoms with E-state index in [2.05, 4.69) is 20.5 Å². The van der Waals surface area contributed by atoms with Crippen molar-refractivity contribution in [3.63, 3.8) is 0 Å². The second-order valence-electron chi connectivity index (χ2n) is 5.15. The molecule has 7 nitrogen and oxygen atoms in total. The summed E-state index contributed by atoms with van der Waals surface area (Å²) in [6.45, 7) is 3.77. The van der Waals surface area contributed by atoms with Crippen LogP contribution in [0.25, 0.3) is 0 Å². The van der Waals surface area contributed by atoms with Crippen molar-refractivity contribution in [3.05, 3.63) is 40.0 Å². The predicted octanol–water partition coefficient (Wildman–Crippen LogP) is 2.87. The molecule has 0 bridgehead atoms. The highest BCUT2D eigenvalue weighted by Gasteiger charge is 2.14. The molecular weight excluding hydrogens is 344 g/mol. The zero-order valence-corrected chi connectivity index (χ0v) is 15.0. The molecule has 0 spiro atoms. The Hall–Kier alpha value is -2.39. The maximum atomic E-state index is 12.5. The first-order chi connectivity index (χ1) is 11.4. The van der Waals surface area contributed by atoms with Crippen molar-refractivity contribution in [3.8, 4) is 0 Å². The number of amides is 1. The Morgan fingerprint density at radius 3 is 2.75 bits per heavy atom. The van der Waals surface area contributed by atoms with Crippen LogP contribution in [0.15, 0.2) is 33.6 Å². The number of nitrogens with two attached hydrogens (primary N) is 1. The van der Waals surface area contributed by atoms with Gasteiger partial charge in [-0.3, -0.25) is 4.79 Å². The number of anilines is 2. The van der Waals surface area contributed by atoms with Crippen LogP contribution in [0.1, 0.15) is 21.2 Å². The van der Waals surface area contributed by atoms with Crippen molar-refractivity contribution in [1.82, 2.24) is 19.7 Å². The molecule has 0 aliphatic carbocycles. The highest BCUT2D eigenvalue weighted by atomic mass is 32.2. The Kier molecular flexibility index (Phi) is 4.54. The molecule has 3 aromatic rings. The van der Waals surface area contributed by atoms with E-state index in [-0.39, 0.29) is 5.91 Å². The number of thiazole rings is 1. The monoisotopic (exact) mass is 360 g/mol. The molecule has 3 rings (SSSR count). The summed E-state index contributed by atoms with van der Waals surface area (Å²) in [6.07, 6.45) is 0. The van der Waals surface area contributed by atoms with Gasteiger partial charge in [-0.2, -0.15) is 0 Å². The van der Waals surface area contributed by atoms with Crippen LogP contribution in [0.3, 0.4) is 0 Å². The first kappa shape index (κ1) is 16.5. The number of hydrogen-bond donors (Lipinski definition) is 2. The molecule has 9 heteroatoms. The molecule has 0 aliphatic rings. The van der Waals surface area contributed by atoms with Gasteiger partial charge in [-0.15, -0.1) is 21.5 Å². The zero-order valence-electron chi connectivity index (χ0n) is 13.4. The van der Waals surface area contributed by atoms with Crippen LogP contribution in [0.2, 0.25) is 0 Å². The van der Waals surface area contributed by atoms with Gasteiger partial charge < -0.3 is 15.6 Å². The first-order valence-corrected chi connectivity index (χ1v) is 8.80. The topological polar surface area (TPSA) is 98.7 Å². The number of benzene rings is 1. The number of nitrogens with one attached hydrogen (secondary N) is 1. The van der Waals surface area contributed by atoms with Gasteiger partial charge in [-0.25, -0.2) is 4.98 Å². The minimum Gasteiger partial charge on any atom is -0.398 e. The average molecular weight is 360 g/mol. The van der Waals surface area contributed by atoms with E-state index in [9.17, 15) is 4.79 Å². The van der Waals surface area contributed by atoms with Crippen LogP contribution in [0.5, 0.6) is 0 Å². The van der Waals surface area contributed by atoms with E-state index in [0.29, 0.717) is 17.1 Å². The van der Waals surface area contributed by atoms with Crippen molar-refractivity contribution >= 4 is 40.5 Å². The number of aromatic nitrogens is 4. The average Bonchev–Trinajstić information content (AvgIpc) is 3.09. The van der Waals surface area contributed by atoms with E-state index >= 15 is 0 Å². The number of carbonyl (C=O) groups is 1. The maximum absolute atomic E-state index is 12.5. The fourth-order valence-electron chi connectivity index (χ4n) is 1.98. The molecule has 0 saturated heterocycles. The van der Waals surface area contributed by atoms with Gasteiger partial charge in [0.15, 0.2) is 5.16 Å². The highest BCUT2D eigenvalue weighted by molar-refractivity contribution is 7.99. The molecule has 0 unspecified atom stereocenters. The minimum absolute atomic E-state index is 0.283. The van der Waals surface area contributed by atoms with Gasteiger partial charge >= 0.3 is 0 Å². The number of nitrogen functional groups attached to an aromatic ring is 1. The Bertz CT molecular complexity index is 901. The Morgan fingerprint density at radius 1 is 1.33 bits per heavy atom. The lowest BCUT2D eigenvalue weighted by Crippen LogP contribution is -2.14. The van der Waals surface area contributed by atoms with Gasteiger partial charge in [-0.05, 0) is 43.8 Å². The molecule has 0 atom stereocenters. The summed E-state index contributed by atoms with van der Waals surface area (Å²) < 4.78 is 1.89. The zero-order chi connectivity index (χ0) is 17.3. The molecular formula is C15H16N6OS2. The molecule has 0 saturated carbocycles. The molecule has 124 valence electrons. The Balaban J connectivity index is 1.83. The lowest BCUT2D eigenvalue weighted by Gasteiger charge is -2.08. The van der Waals surface area contributed by atoms with Gasteiger partial charge in [0.05, 0.1) is 10.6 Å². The van der Waals surface area contributed by atoms with E-state index in [1.54, 1.807) is 17.5 Å². The fraction of sp³-hybridized carbons (Fsp3) is 0.200. The Labute approximate surface area is 147 Å². The third-order valence-corrected chi connectivity index (χ3v) is 5.19. The fourth-order valence-corrected chi connectivity index (χ4v) is 3.40. The van der Waals surface area contributed by atoms with E-state index in [0.717, 1.165) is 20.9 Å². The van der Waals surface area contributed by atoms with Crippen molar-refractivity contribution in [2.24, 2.45) is 7.05 Å². The normalized spacial score (nSPS) is 10.8. The standard InChI is InChI=1S/C15H16N6OS2/c1-8-19-20-15(21(8)3)24-10-4-5-12(16)11(6-10)14(22)18-13-7-23-9(2)17-13/h4-7H,16H2,1-3H3,(H,18,22). The summed E-state index contributed by atoms with van der Waals surface area (Å²) in [6, 6.07) is 5.32. The van der Waals surface area contributed by atoms with Gasteiger partial charge in [-0.1, -0.05) is 0 Å². The van der Waals surface area contributed by atoms with Gasteiger partial charge in [0.2, 0.25) is 0 Å². The van der Waals surface area contributed by atoms with Crippen LogP contribution in [-0.2, 0) is 7.05 Å². The molecule has 1 aromatic carbocycles. The van der Waals surface area contributed by atoms with Crippen LogP contribution in [-0.4, -0.2) is 25.7 Å². The van der Waals surface area contributed by atoms with E-state index in [4.69, 9.17) is 5.73 Å². The number of rotatable bonds is 4. The second-order valence-corrected chi connectivity index (χ2v) is 7.25. The summed E-state index contributed by atoms with van der Waals surface area (Å²) in [7, 11) is 1.90. The molecule has 2 aromatic heterocycles. The quantitative estimate of drug-likeness (QED) is 0.694. The summed E-state index contributed by atoms with van der Waals surface area (Å²) in [5.41, 5.74) is 6.78. The van der Waals surface area contributed by atoms with Crippen LogP contribution in [0, 0.1) is 13.8 Å². The molecule has 2 heterocycles. The summed E-state index contributed by atoms with van der Waals surface area (Å²) in [4.78, 5) is 17.5. The van der Waals surface area contributed by atoms with Crippen LogP contribution < -0.4 is 11.1 Å². The summed E-state index contributed by atoms with van der Waals surface area (Å²) >= 11 is 2.90. The van der Waals surface area contributed by atoms with Gasteiger partial charge in [0, 0.05) is 23.0 Å². The Morgan fingerprint density at radius 2 is 2.12 bits per heavy atom. The van der Waals surface area contributed by atoms with E-state index < -0.39 is 0 Å². The van der Waals surface area contributed by atoms with Crippen molar-refractivity contribution in [2.45, 2.75) is 23.9 Å². The molecule has 0 radical (unpaired) electrons. The van der Waals surface area contributed by atoms with Crippen LogP contribution >= 0.6 is 23.1 Å². The lowest BCUT2D eigenvalue weighted by molar-refractivity contribution is 0.102. The molecule has 1 amide bonds. The molecule has 24 heavy (non-hydrogen) atoms. The second kappa shape index (κ2) is 6.62. The number of nitrogens with zero attached hydrogens (tertiary/aromatic N) is 4. The van der Waals surface area contributed by atoms with Crippen molar-refractivity contribution < 1.29 is 4.79 Å². The highest BCUT2D eigenvalue weighted by Crippen LogP contribution is 2.29.